The highest BCUT2D eigenvalue weighted by Crippen LogP contribution is 2.34. The zero-order chi connectivity index (χ0) is 11.8. The Kier molecular flexibility index (Phi) is 2.94. The van der Waals surface area contributed by atoms with Gasteiger partial charge in [-0.2, -0.15) is 0 Å². The minimum atomic E-state index is -0.160. The predicted octanol–water partition coefficient (Wildman–Crippen LogP) is 2.89. The summed E-state index contributed by atoms with van der Waals surface area (Å²) >= 11 is 0. The molecule has 2 nitrogen and oxygen atoms in total. The predicted molar refractivity (Wildman–Crippen MR) is 64.8 cm³/mol. The second kappa shape index (κ2) is 4.10. The number of hydrogen-bond acceptors (Lipinski definition) is 2. The van der Waals surface area contributed by atoms with Gasteiger partial charge in [0.25, 0.3) is 0 Å². The molecule has 0 atom stereocenters. The van der Waals surface area contributed by atoms with Crippen LogP contribution in [0.4, 0.5) is 0 Å². The Morgan fingerprint density at radius 3 is 2.38 bits per heavy atom. The lowest BCUT2D eigenvalue weighted by Crippen LogP contribution is -2.37. The minimum absolute atomic E-state index is 0.0962. The number of aliphatic hydroxyl groups is 1. The third-order valence-electron chi connectivity index (χ3n) is 3.06. The first-order valence-electron chi connectivity index (χ1n) is 5.91. The van der Waals surface area contributed by atoms with Crippen LogP contribution in [0.3, 0.4) is 0 Å². The van der Waals surface area contributed by atoms with Crippen LogP contribution in [0.2, 0.25) is 0 Å². The molecule has 1 aromatic rings. The summed E-state index contributed by atoms with van der Waals surface area (Å²) < 4.78 is 5.92. The van der Waals surface area contributed by atoms with Crippen molar-refractivity contribution in [2.75, 3.05) is 0 Å². The van der Waals surface area contributed by atoms with Crippen LogP contribution in [0.1, 0.15) is 39.2 Å². The molecule has 1 saturated carbocycles. The summed E-state index contributed by atoms with van der Waals surface area (Å²) in [7, 11) is 0. The molecule has 0 saturated heterocycles. The Bertz CT molecular complexity index is 359. The molecule has 1 aliphatic rings. The van der Waals surface area contributed by atoms with E-state index in [-0.39, 0.29) is 17.6 Å². The van der Waals surface area contributed by atoms with Crippen LogP contribution in [0.5, 0.6) is 5.75 Å². The standard InChI is InChI=1S/C14H20O2/c1-14(2,3)12-6-4-5-7-13(12)16-11-8-10(15)9-11/h4-7,10-11,15H,8-9H2,1-3H3. The number of hydrogen-bond donors (Lipinski definition) is 1. The fraction of sp³-hybridized carbons (Fsp3) is 0.571. The molecule has 1 fully saturated rings. The van der Waals surface area contributed by atoms with Crippen molar-refractivity contribution in [3.63, 3.8) is 0 Å². The van der Waals surface area contributed by atoms with Gasteiger partial charge in [-0.3, -0.25) is 0 Å². The van der Waals surface area contributed by atoms with Gasteiger partial charge < -0.3 is 9.84 Å². The van der Waals surface area contributed by atoms with E-state index in [1.165, 1.54) is 5.56 Å². The van der Waals surface area contributed by atoms with E-state index < -0.39 is 0 Å². The van der Waals surface area contributed by atoms with Gasteiger partial charge >= 0.3 is 0 Å². The largest absolute Gasteiger partial charge is 0.490 e. The van der Waals surface area contributed by atoms with Crippen LogP contribution in [0, 0.1) is 0 Å². The molecule has 0 unspecified atom stereocenters. The van der Waals surface area contributed by atoms with Crippen LogP contribution >= 0.6 is 0 Å². The molecule has 1 aliphatic carbocycles. The fourth-order valence-corrected chi connectivity index (χ4v) is 2.00. The zero-order valence-electron chi connectivity index (χ0n) is 10.2. The van der Waals surface area contributed by atoms with Gasteiger partial charge in [0.2, 0.25) is 0 Å². The number of rotatable bonds is 2. The average Bonchev–Trinajstić information content (AvgIpc) is 2.14. The number of ether oxygens (including phenoxy) is 1. The first kappa shape index (κ1) is 11.5. The van der Waals surface area contributed by atoms with E-state index in [0.29, 0.717) is 0 Å². The van der Waals surface area contributed by atoms with Gasteiger partial charge in [-0.25, -0.2) is 0 Å². The van der Waals surface area contributed by atoms with Crippen LogP contribution in [0.15, 0.2) is 24.3 Å². The van der Waals surface area contributed by atoms with Gasteiger partial charge in [-0.1, -0.05) is 39.0 Å². The molecule has 1 N–H and O–H groups in total. The SMILES string of the molecule is CC(C)(C)c1ccccc1OC1CC(O)C1. The van der Waals surface area contributed by atoms with Crippen molar-refractivity contribution < 1.29 is 9.84 Å². The molecule has 0 aliphatic heterocycles. The Morgan fingerprint density at radius 1 is 1.19 bits per heavy atom. The maximum atomic E-state index is 9.25. The molecule has 88 valence electrons. The van der Waals surface area contributed by atoms with E-state index in [0.717, 1.165) is 18.6 Å². The lowest BCUT2D eigenvalue weighted by molar-refractivity contribution is -0.0115. The van der Waals surface area contributed by atoms with Crippen LogP contribution in [0.25, 0.3) is 0 Å². The highest BCUT2D eigenvalue weighted by atomic mass is 16.5. The van der Waals surface area contributed by atoms with E-state index in [1.54, 1.807) is 0 Å². The van der Waals surface area contributed by atoms with Crippen molar-refractivity contribution in [2.24, 2.45) is 0 Å². The molecule has 0 bridgehead atoms. The van der Waals surface area contributed by atoms with E-state index >= 15 is 0 Å². The van der Waals surface area contributed by atoms with Crippen molar-refractivity contribution in [3.05, 3.63) is 29.8 Å². The van der Waals surface area contributed by atoms with Crippen LogP contribution < -0.4 is 4.74 Å². The molecular formula is C14H20O2. The Labute approximate surface area is 97.3 Å². The molecular weight excluding hydrogens is 200 g/mol. The molecule has 2 rings (SSSR count). The Hall–Kier alpha value is -1.02. The maximum absolute atomic E-state index is 9.25. The van der Waals surface area contributed by atoms with E-state index in [9.17, 15) is 5.11 Å². The Morgan fingerprint density at radius 2 is 1.81 bits per heavy atom. The van der Waals surface area contributed by atoms with Crippen LogP contribution in [-0.2, 0) is 5.41 Å². The summed E-state index contributed by atoms with van der Waals surface area (Å²) in [6.45, 7) is 6.56. The van der Waals surface area contributed by atoms with Crippen LogP contribution in [-0.4, -0.2) is 17.3 Å². The van der Waals surface area contributed by atoms with Crippen molar-refractivity contribution in [1.29, 1.82) is 0 Å². The topological polar surface area (TPSA) is 29.5 Å². The molecule has 2 heteroatoms. The molecule has 0 heterocycles. The summed E-state index contributed by atoms with van der Waals surface area (Å²) in [5.41, 5.74) is 1.33. The quantitative estimate of drug-likeness (QED) is 0.830. The summed E-state index contributed by atoms with van der Waals surface area (Å²) in [6.07, 6.45) is 1.56. The molecule has 0 radical (unpaired) electrons. The van der Waals surface area contributed by atoms with Crippen molar-refractivity contribution in [2.45, 2.75) is 51.2 Å². The summed E-state index contributed by atoms with van der Waals surface area (Å²) in [5.74, 6) is 0.965. The first-order chi connectivity index (χ1) is 7.47. The molecule has 16 heavy (non-hydrogen) atoms. The number of aliphatic hydroxyl groups excluding tert-OH is 1. The van der Waals surface area contributed by atoms with E-state index in [4.69, 9.17) is 4.74 Å². The van der Waals surface area contributed by atoms with E-state index in [1.807, 2.05) is 18.2 Å². The number of para-hydroxylation sites is 1. The smallest absolute Gasteiger partial charge is 0.123 e. The normalized spacial score (nSPS) is 25.0. The van der Waals surface area contributed by atoms with Gasteiger partial charge in [0.1, 0.15) is 11.9 Å². The average molecular weight is 220 g/mol. The maximum Gasteiger partial charge on any atom is 0.123 e. The van der Waals surface area contributed by atoms with Crippen molar-refractivity contribution in [1.82, 2.24) is 0 Å². The second-order valence-corrected chi connectivity index (χ2v) is 5.61. The first-order valence-corrected chi connectivity index (χ1v) is 5.91. The molecule has 0 amide bonds. The summed E-state index contributed by atoms with van der Waals surface area (Å²) in [6, 6.07) is 8.18. The molecule has 0 aromatic heterocycles. The highest BCUT2D eigenvalue weighted by molar-refractivity contribution is 5.38. The Balaban J connectivity index is 2.14. The highest BCUT2D eigenvalue weighted by Gasteiger charge is 2.30. The van der Waals surface area contributed by atoms with Gasteiger partial charge in [0, 0.05) is 12.8 Å². The lowest BCUT2D eigenvalue weighted by atomic mass is 9.86. The van der Waals surface area contributed by atoms with Crippen molar-refractivity contribution >= 4 is 0 Å². The van der Waals surface area contributed by atoms with Gasteiger partial charge in [-0.05, 0) is 17.0 Å². The zero-order valence-corrected chi connectivity index (χ0v) is 10.2. The van der Waals surface area contributed by atoms with Gasteiger partial charge in [0.15, 0.2) is 0 Å². The monoisotopic (exact) mass is 220 g/mol. The third-order valence-corrected chi connectivity index (χ3v) is 3.06. The molecule has 1 aromatic carbocycles. The molecule has 0 spiro atoms. The van der Waals surface area contributed by atoms with Gasteiger partial charge in [-0.15, -0.1) is 0 Å². The fourth-order valence-electron chi connectivity index (χ4n) is 2.00. The van der Waals surface area contributed by atoms with Gasteiger partial charge in [0.05, 0.1) is 6.10 Å². The summed E-state index contributed by atoms with van der Waals surface area (Å²) in [4.78, 5) is 0. The lowest BCUT2D eigenvalue weighted by Gasteiger charge is -2.33. The number of benzene rings is 1. The third kappa shape index (κ3) is 2.38. The second-order valence-electron chi connectivity index (χ2n) is 5.61. The minimum Gasteiger partial charge on any atom is -0.490 e. The van der Waals surface area contributed by atoms with E-state index in [2.05, 4.69) is 26.8 Å². The summed E-state index contributed by atoms with van der Waals surface area (Å²) in [5, 5.41) is 9.25. The van der Waals surface area contributed by atoms with Crippen molar-refractivity contribution in [3.8, 4) is 5.75 Å².